The SMILES string of the molecule is CCCC.Cc1nc2ccccc2o1. The lowest BCUT2D eigenvalue weighted by Gasteiger charge is -1.79. The second-order valence-electron chi connectivity index (χ2n) is 3.20. The van der Waals surface area contributed by atoms with Crippen LogP contribution in [0.2, 0.25) is 0 Å². The fraction of sp³-hybridized carbons (Fsp3) is 0.417. The zero-order valence-electron chi connectivity index (χ0n) is 9.08. The van der Waals surface area contributed by atoms with Gasteiger partial charge in [0.1, 0.15) is 5.52 Å². The Kier molecular flexibility index (Phi) is 4.17. The van der Waals surface area contributed by atoms with E-state index in [0.717, 1.165) is 17.0 Å². The summed E-state index contributed by atoms with van der Waals surface area (Å²) in [6.07, 6.45) is 2.64. The molecule has 0 atom stereocenters. The van der Waals surface area contributed by atoms with Gasteiger partial charge >= 0.3 is 0 Å². The number of hydrogen-bond donors (Lipinski definition) is 0. The minimum absolute atomic E-state index is 0.723. The van der Waals surface area contributed by atoms with Gasteiger partial charge in [0.25, 0.3) is 0 Å². The van der Waals surface area contributed by atoms with E-state index < -0.39 is 0 Å². The third-order valence-electron chi connectivity index (χ3n) is 1.90. The molecule has 1 aromatic carbocycles. The summed E-state index contributed by atoms with van der Waals surface area (Å²) in [4.78, 5) is 4.15. The maximum Gasteiger partial charge on any atom is 0.192 e. The molecular formula is C12H17NO. The maximum absolute atomic E-state index is 5.26. The van der Waals surface area contributed by atoms with Gasteiger partial charge in [0.15, 0.2) is 11.5 Å². The van der Waals surface area contributed by atoms with Crippen LogP contribution in [-0.4, -0.2) is 4.98 Å². The van der Waals surface area contributed by atoms with Gasteiger partial charge in [-0.05, 0) is 12.1 Å². The van der Waals surface area contributed by atoms with Gasteiger partial charge in [-0.25, -0.2) is 4.98 Å². The molecule has 0 amide bonds. The van der Waals surface area contributed by atoms with Crippen LogP contribution in [0.3, 0.4) is 0 Å². The molecule has 0 aliphatic heterocycles. The topological polar surface area (TPSA) is 26.0 Å². The van der Waals surface area contributed by atoms with Gasteiger partial charge in [-0.2, -0.15) is 0 Å². The van der Waals surface area contributed by atoms with Gasteiger partial charge in [0, 0.05) is 6.92 Å². The number of fused-ring (bicyclic) bond motifs is 1. The predicted molar refractivity (Wildman–Crippen MR) is 59.3 cm³/mol. The summed E-state index contributed by atoms with van der Waals surface area (Å²) >= 11 is 0. The molecule has 0 unspecified atom stereocenters. The Hall–Kier alpha value is -1.31. The molecule has 0 spiro atoms. The van der Waals surface area contributed by atoms with Gasteiger partial charge in [-0.3, -0.25) is 0 Å². The maximum atomic E-state index is 5.26. The summed E-state index contributed by atoms with van der Waals surface area (Å²) in [7, 11) is 0. The monoisotopic (exact) mass is 191 g/mol. The number of unbranched alkanes of at least 4 members (excludes halogenated alkanes) is 1. The van der Waals surface area contributed by atoms with Crippen molar-refractivity contribution in [1.29, 1.82) is 0 Å². The lowest BCUT2D eigenvalue weighted by molar-refractivity contribution is 0.561. The quantitative estimate of drug-likeness (QED) is 0.682. The van der Waals surface area contributed by atoms with Crippen LogP contribution in [-0.2, 0) is 0 Å². The molecule has 0 aliphatic rings. The molecule has 1 heterocycles. The highest BCUT2D eigenvalue weighted by atomic mass is 16.3. The summed E-state index contributed by atoms with van der Waals surface area (Å²) in [5.41, 5.74) is 1.79. The first-order chi connectivity index (χ1) is 6.77. The van der Waals surface area contributed by atoms with Crippen molar-refractivity contribution in [3.8, 4) is 0 Å². The Morgan fingerprint density at radius 3 is 2.36 bits per heavy atom. The Balaban J connectivity index is 0.000000213. The van der Waals surface area contributed by atoms with Crippen molar-refractivity contribution in [3.63, 3.8) is 0 Å². The molecule has 0 N–H and O–H groups in total. The van der Waals surface area contributed by atoms with Gasteiger partial charge < -0.3 is 4.42 Å². The minimum atomic E-state index is 0.723. The highest BCUT2D eigenvalue weighted by Crippen LogP contribution is 2.12. The lowest BCUT2D eigenvalue weighted by Crippen LogP contribution is -1.65. The van der Waals surface area contributed by atoms with Crippen molar-refractivity contribution in [2.24, 2.45) is 0 Å². The van der Waals surface area contributed by atoms with E-state index in [0.29, 0.717) is 0 Å². The predicted octanol–water partition coefficient (Wildman–Crippen LogP) is 3.94. The second kappa shape index (κ2) is 5.43. The third-order valence-corrected chi connectivity index (χ3v) is 1.90. The summed E-state index contributed by atoms with van der Waals surface area (Å²) < 4.78 is 5.26. The number of aryl methyl sites for hydroxylation is 1. The van der Waals surface area contributed by atoms with Crippen LogP contribution in [0, 0.1) is 6.92 Å². The van der Waals surface area contributed by atoms with E-state index in [4.69, 9.17) is 4.42 Å². The van der Waals surface area contributed by atoms with Crippen LogP contribution in [0.15, 0.2) is 28.7 Å². The van der Waals surface area contributed by atoms with Gasteiger partial charge in [-0.15, -0.1) is 0 Å². The average Bonchev–Trinajstić information content (AvgIpc) is 2.58. The zero-order chi connectivity index (χ0) is 10.4. The van der Waals surface area contributed by atoms with Crippen molar-refractivity contribution >= 4 is 11.1 Å². The molecule has 0 bridgehead atoms. The van der Waals surface area contributed by atoms with Crippen molar-refractivity contribution in [1.82, 2.24) is 4.98 Å². The number of hydrogen-bond acceptors (Lipinski definition) is 2. The summed E-state index contributed by atoms with van der Waals surface area (Å²) in [6.45, 7) is 6.21. The van der Waals surface area contributed by atoms with Crippen LogP contribution >= 0.6 is 0 Å². The fourth-order valence-corrected chi connectivity index (χ4v) is 0.987. The largest absolute Gasteiger partial charge is 0.441 e. The Morgan fingerprint density at radius 2 is 1.79 bits per heavy atom. The first-order valence-corrected chi connectivity index (χ1v) is 5.10. The molecule has 2 rings (SSSR count). The van der Waals surface area contributed by atoms with Crippen molar-refractivity contribution < 1.29 is 4.42 Å². The third kappa shape index (κ3) is 2.87. The van der Waals surface area contributed by atoms with E-state index >= 15 is 0 Å². The van der Waals surface area contributed by atoms with E-state index in [1.165, 1.54) is 12.8 Å². The first kappa shape index (κ1) is 10.8. The molecule has 14 heavy (non-hydrogen) atoms. The molecular weight excluding hydrogens is 174 g/mol. The summed E-state index contributed by atoms with van der Waals surface area (Å²) in [5.74, 6) is 0.723. The molecule has 0 radical (unpaired) electrons. The molecule has 0 saturated heterocycles. The van der Waals surface area contributed by atoms with Crippen LogP contribution in [0.25, 0.3) is 11.1 Å². The van der Waals surface area contributed by atoms with Gasteiger partial charge in [-0.1, -0.05) is 38.8 Å². The average molecular weight is 191 g/mol. The van der Waals surface area contributed by atoms with E-state index in [1.54, 1.807) is 0 Å². The molecule has 0 aliphatic carbocycles. The molecule has 2 nitrogen and oxygen atoms in total. The fourth-order valence-electron chi connectivity index (χ4n) is 0.987. The molecule has 2 aromatic rings. The van der Waals surface area contributed by atoms with E-state index in [1.807, 2.05) is 31.2 Å². The lowest BCUT2D eigenvalue weighted by atomic mass is 10.3. The summed E-state index contributed by atoms with van der Waals surface area (Å²) in [5, 5.41) is 0. The van der Waals surface area contributed by atoms with Crippen LogP contribution < -0.4 is 0 Å². The van der Waals surface area contributed by atoms with Crippen molar-refractivity contribution in [2.45, 2.75) is 33.6 Å². The minimum Gasteiger partial charge on any atom is -0.441 e. The van der Waals surface area contributed by atoms with E-state index in [-0.39, 0.29) is 0 Å². The zero-order valence-corrected chi connectivity index (χ0v) is 9.08. The molecule has 76 valence electrons. The van der Waals surface area contributed by atoms with E-state index in [9.17, 15) is 0 Å². The standard InChI is InChI=1S/C8H7NO.C4H10/c1-6-9-7-4-2-3-5-8(7)10-6;1-3-4-2/h2-5H,1H3;3-4H2,1-2H3. The first-order valence-electron chi connectivity index (χ1n) is 5.10. The molecule has 0 fully saturated rings. The Morgan fingerprint density at radius 1 is 1.14 bits per heavy atom. The number of benzene rings is 1. The number of para-hydroxylation sites is 2. The van der Waals surface area contributed by atoms with Crippen molar-refractivity contribution in [2.75, 3.05) is 0 Å². The van der Waals surface area contributed by atoms with Gasteiger partial charge in [0.05, 0.1) is 0 Å². The molecule has 2 heteroatoms. The van der Waals surface area contributed by atoms with E-state index in [2.05, 4.69) is 18.8 Å². The number of rotatable bonds is 1. The Labute approximate surface area is 85.0 Å². The highest BCUT2D eigenvalue weighted by Gasteiger charge is 1.97. The second-order valence-corrected chi connectivity index (χ2v) is 3.20. The molecule has 0 saturated carbocycles. The van der Waals surface area contributed by atoms with Crippen molar-refractivity contribution in [3.05, 3.63) is 30.2 Å². The smallest absolute Gasteiger partial charge is 0.192 e. The normalized spacial score (nSPS) is 9.64. The van der Waals surface area contributed by atoms with Crippen LogP contribution in [0.4, 0.5) is 0 Å². The number of oxazole rings is 1. The number of nitrogens with zero attached hydrogens (tertiary/aromatic N) is 1. The Bertz CT molecular complexity index is 343. The highest BCUT2D eigenvalue weighted by molar-refractivity contribution is 5.71. The molecule has 1 aromatic heterocycles. The number of aromatic nitrogens is 1. The summed E-state index contributed by atoms with van der Waals surface area (Å²) in [6, 6.07) is 7.73. The van der Waals surface area contributed by atoms with Gasteiger partial charge in [0.2, 0.25) is 0 Å². The van der Waals surface area contributed by atoms with Crippen LogP contribution in [0.1, 0.15) is 32.6 Å². The van der Waals surface area contributed by atoms with Crippen LogP contribution in [0.5, 0.6) is 0 Å².